The molecule has 3 nitrogen and oxygen atoms in total. The molecule has 2 rings (SSSR count). The zero-order valence-electron chi connectivity index (χ0n) is 13.5. The third-order valence-corrected chi connectivity index (χ3v) is 5.46. The first-order valence-corrected chi connectivity index (χ1v) is 8.05. The third-order valence-electron chi connectivity index (χ3n) is 5.14. The highest BCUT2D eigenvalue weighted by Crippen LogP contribution is 2.43. The van der Waals surface area contributed by atoms with Crippen molar-refractivity contribution in [1.82, 2.24) is 4.90 Å². The molecule has 1 aliphatic carbocycles. The van der Waals surface area contributed by atoms with Crippen LogP contribution in [0.1, 0.15) is 44.2 Å². The average molecular weight is 311 g/mol. The van der Waals surface area contributed by atoms with Gasteiger partial charge in [0, 0.05) is 11.6 Å². The molecule has 1 aromatic carbocycles. The standard InChI is InChI=1S/C17H27ClN2O/c1-12-7-9-17(10-8-12,20(2)3)16(19)13-5-6-14(18)15(11-13)21-4/h5-6,11-12,16H,7-10,19H2,1-4H3. The summed E-state index contributed by atoms with van der Waals surface area (Å²) in [5.41, 5.74) is 7.80. The van der Waals surface area contributed by atoms with Crippen LogP contribution in [0.5, 0.6) is 5.75 Å². The fourth-order valence-corrected chi connectivity index (χ4v) is 3.67. The van der Waals surface area contributed by atoms with Gasteiger partial charge in [0.2, 0.25) is 0 Å². The molecule has 1 saturated carbocycles. The molecule has 21 heavy (non-hydrogen) atoms. The van der Waals surface area contributed by atoms with Crippen LogP contribution in [0.2, 0.25) is 5.02 Å². The average Bonchev–Trinajstić information content (AvgIpc) is 2.48. The van der Waals surface area contributed by atoms with E-state index in [9.17, 15) is 0 Å². The van der Waals surface area contributed by atoms with Gasteiger partial charge in [-0.15, -0.1) is 0 Å². The fraction of sp³-hybridized carbons (Fsp3) is 0.647. The second kappa shape index (κ2) is 6.55. The number of hydrogen-bond acceptors (Lipinski definition) is 3. The Morgan fingerprint density at radius 1 is 1.33 bits per heavy atom. The molecule has 1 atom stereocenters. The number of halogens is 1. The van der Waals surface area contributed by atoms with Gasteiger partial charge in [0.25, 0.3) is 0 Å². The van der Waals surface area contributed by atoms with Gasteiger partial charge in [-0.2, -0.15) is 0 Å². The van der Waals surface area contributed by atoms with E-state index in [0.717, 1.165) is 24.3 Å². The van der Waals surface area contributed by atoms with Crippen molar-refractivity contribution in [3.05, 3.63) is 28.8 Å². The van der Waals surface area contributed by atoms with Crippen LogP contribution in [-0.4, -0.2) is 31.6 Å². The summed E-state index contributed by atoms with van der Waals surface area (Å²) in [6.07, 6.45) is 4.73. The summed E-state index contributed by atoms with van der Waals surface area (Å²) in [7, 11) is 5.92. The lowest BCUT2D eigenvalue weighted by molar-refractivity contribution is 0.0564. The molecular weight excluding hydrogens is 284 g/mol. The van der Waals surface area contributed by atoms with Crippen LogP contribution in [0.3, 0.4) is 0 Å². The summed E-state index contributed by atoms with van der Waals surface area (Å²) in [6.45, 7) is 2.33. The second-order valence-electron chi connectivity index (χ2n) is 6.55. The van der Waals surface area contributed by atoms with Gasteiger partial charge >= 0.3 is 0 Å². The summed E-state index contributed by atoms with van der Waals surface area (Å²) in [5.74, 6) is 1.49. The lowest BCUT2D eigenvalue weighted by atomic mass is 9.70. The molecule has 118 valence electrons. The highest BCUT2D eigenvalue weighted by atomic mass is 35.5. The zero-order valence-corrected chi connectivity index (χ0v) is 14.3. The normalized spacial score (nSPS) is 27.7. The maximum Gasteiger partial charge on any atom is 0.137 e. The van der Waals surface area contributed by atoms with Crippen LogP contribution < -0.4 is 10.5 Å². The predicted octanol–water partition coefficient (Wildman–Crippen LogP) is 3.86. The predicted molar refractivity (Wildman–Crippen MR) is 89.0 cm³/mol. The van der Waals surface area contributed by atoms with Gasteiger partial charge in [0.05, 0.1) is 12.1 Å². The van der Waals surface area contributed by atoms with E-state index in [1.165, 1.54) is 12.8 Å². The summed E-state index contributed by atoms with van der Waals surface area (Å²) < 4.78 is 5.33. The van der Waals surface area contributed by atoms with E-state index in [1.54, 1.807) is 7.11 Å². The van der Waals surface area contributed by atoms with Crippen molar-refractivity contribution in [2.24, 2.45) is 11.7 Å². The van der Waals surface area contributed by atoms with Gasteiger partial charge in [0.1, 0.15) is 5.75 Å². The summed E-state index contributed by atoms with van der Waals surface area (Å²) in [4.78, 5) is 2.31. The highest BCUT2D eigenvalue weighted by molar-refractivity contribution is 6.32. The summed E-state index contributed by atoms with van der Waals surface area (Å²) >= 11 is 6.13. The number of nitrogens with zero attached hydrogens (tertiary/aromatic N) is 1. The maximum absolute atomic E-state index is 6.68. The van der Waals surface area contributed by atoms with Crippen LogP contribution >= 0.6 is 11.6 Å². The molecule has 0 amide bonds. The Bertz CT molecular complexity index is 482. The van der Waals surface area contributed by atoms with Gasteiger partial charge in [-0.05, 0) is 63.4 Å². The largest absolute Gasteiger partial charge is 0.495 e. The van der Waals surface area contributed by atoms with Crippen molar-refractivity contribution in [3.63, 3.8) is 0 Å². The molecule has 4 heteroatoms. The minimum absolute atomic E-state index is 0.0192. The van der Waals surface area contributed by atoms with Crippen LogP contribution in [0.15, 0.2) is 18.2 Å². The maximum atomic E-state index is 6.68. The second-order valence-corrected chi connectivity index (χ2v) is 6.96. The van der Waals surface area contributed by atoms with E-state index in [1.807, 2.05) is 18.2 Å². The lowest BCUT2D eigenvalue weighted by Crippen LogP contribution is -2.54. The van der Waals surface area contributed by atoms with E-state index in [0.29, 0.717) is 10.8 Å². The third kappa shape index (κ3) is 3.20. The molecule has 0 spiro atoms. The molecule has 1 unspecified atom stereocenters. The minimum Gasteiger partial charge on any atom is -0.495 e. The van der Waals surface area contributed by atoms with Crippen LogP contribution in [0, 0.1) is 5.92 Å². The molecule has 0 aromatic heterocycles. The van der Waals surface area contributed by atoms with E-state index < -0.39 is 0 Å². The van der Waals surface area contributed by atoms with Gasteiger partial charge in [-0.1, -0.05) is 24.6 Å². The Hall–Kier alpha value is -0.770. The van der Waals surface area contributed by atoms with Crippen LogP contribution in [-0.2, 0) is 0 Å². The first-order chi connectivity index (χ1) is 9.90. The van der Waals surface area contributed by atoms with Gasteiger partial charge in [-0.3, -0.25) is 0 Å². The number of benzene rings is 1. The van der Waals surface area contributed by atoms with E-state index in [-0.39, 0.29) is 11.6 Å². The van der Waals surface area contributed by atoms with Crippen molar-refractivity contribution in [1.29, 1.82) is 0 Å². The summed E-state index contributed by atoms with van der Waals surface area (Å²) in [6, 6.07) is 5.85. The number of ether oxygens (including phenoxy) is 1. The molecule has 0 heterocycles. The van der Waals surface area contributed by atoms with E-state index in [2.05, 4.69) is 25.9 Å². The van der Waals surface area contributed by atoms with Crippen molar-refractivity contribution in [2.45, 2.75) is 44.2 Å². The molecule has 0 radical (unpaired) electrons. The van der Waals surface area contributed by atoms with Crippen LogP contribution in [0.25, 0.3) is 0 Å². The minimum atomic E-state index is -0.0360. The van der Waals surface area contributed by atoms with Crippen molar-refractivity contribution in [2.75, 3.05) is 21.2 Å². The van der Waals surface area contributed by atoms with E-state index >= 15 is 0 Å². The summed E-state index contributed by atoms with van der Waals surface area (Å²) in [5, 5.41) is 0.629. The lowest BCUT2D eigenvalue weighted by Gasteiger charge is -2.48. The fourth-order valence-electron chi connectivity index (χ4n) is 3.48. The molecular formula is C17H27ClN2O. The number of methoxy groups -OCH3 is 1. The molecule has 0 saturated heterocycles. The first kappa shape index (κ1) is 16.6. The Morgan fingerprint density at radius 3 is 2.48 bits per heavy atom. The highest BCUT2D eigenvalue weighted by Gasteiger charge is 2.42. The number of likely N-dealkylation sites (N-methyl/N-ethyl adjacent to an activating group) is 1. The Balaban J connectivity index is 2.33. The molecule has 1 aromatic rings. The Labute approximate surface area is 133 Å². The van der Waals surface area contributed by atoms with Crippen molar-refractivity contribution >= 4 is 11.6 Å². The Kier molecular flexibility index (Phi) is 5.18. The monoisotopic (exact) mass is 310 g/mol. The quantitative estimate of drug-likeness (QED) is 0.917. The van der Waals surface area contributed by atoms with Gasteiger partial charge in [0.15, 0.2) is 0 Å². The molecule has 0 aliphatic heterocycles. The molecule has 0 bridgehead atoms. The van der Waals surface area contributed by atoms with Gasteiger partial charge in [-0.25, -0.2) is 0 Å². The number of rotatable bonds is 4. The van der Waals surface area contributed by atoms with Crippen LogP contribution in [0.4, 0.5) is 0 Å². The zero-order chi connectivity index (χ0) is 15.6. The molecule has 1 aliphatic rings. The van der Waals surface area contributed by atoms with Crippen molar-refractivity contribution < 1.29 is 4.74 Å². The van der Waals surface area contributed by atoms with Crippen molar-refractivity contribution in [3.8, 4) is 5.75 Å². The molecule has 1 fully saturated rings. The SMILES string of the molecule is COc1cc(C(N)C2(N(C)C)CCC(C)CC2)ccc1Cl. The number of hydrogen-bond donors (Lipinski definition) is 1. The smallest absolute Gasteiger partial charge is 0.137 e. The number of nitrogens with two attached hydrogens (primary N) is 1. The molecule has 2 N–H and O–H groups in total. The van der Waals surface area contributed by atoms with Gasteiger partial charge < -0.3 is 15.4 Å². The topological polar surface area (TPSA) is 38.5 Å². The van der Waals surface area contributed by atoms with E-state index in [4.69, 9.17) is 22.1 Å². The Morgan fingerprint density at radius 2 is 1.95 bits per heavy atom. The first-order valence-electron chi connectivity index (χ1n) is 7.67.